The van der Waals surface area contributed by atoms with E-state index in [1.165, 1.54) is 0 Å². The van der Waals surface area contributed by atoms with Crippen molar-refractivity contribution in [1.29, 1.82) is 0 Å². The Kier molecular flexibility index (Phi) is 4.91. The van der Waals surface area contributed by atoms with Crippen molar-refractivity contribution in [2.75, 3.05) is 0 Å². The quantitative estimate of drug-likeness (QED) is 0.458. The molecular weight excluding hydrogens is 394 g/mol. The van der Waals surface area contributed by atoms with Crippen LogP contribution < -0.4 is 0 Å². The van der Waals surface area contributed by atoms with E-state index in [1.807, 2.05) is 31.4 Å². The van der Waals surface area contributed by atoms with Gasteiger partial charge >= 0.3 is 5.97 Å². The minimum absolute atomic E-state index is 0.0317. The lowest BCUT2D eigenvalue weighted by molar-refractivity contribution is 0.0684. The maximum absolute atomic E-state index is 12.2. The van der Waals surface area contributed by atoms with Gasteiger partial charge in [-0.15, -0.1) is 11.3 Å². The summed E-state index contributed by atoms with van der Waals surface area (Å²) in [5, 5.41) is 13.6. The lowest BCUT2D eigenvalue weighted by Gasteiger charge is -2.12. The summed E-state index contributed by atoms with van der Waals surface area (Å²) in [4.78, 5) is 21.0. The lowest BCUT2D eigenvalue weighted by atomic mass is 10.1. The summed E-state index contributed by atoms with van der Waals surface area (Å²) in [5.74, 6) is -0.462. The predicted molar refractivity (Wildman–Crippen MR) is 112 cm³/mol. The fourth-order valence-electron chi connectivity index (χ4n) is 3.36. The van der Waals surface area contributed by atoms with E-state index in [9.17, 15) is 9.90 Å². The van der Waals surface area contributed by atoms with Crippen molar-refractivity contribution in [2.45, 2.75) is 26.3 Å². The van der Waals surface area contributed by atoms with Gasteiger partial charge in [-0.1, -0.05) is 43.6 Å². The Morgan fingerprint density at radius 2 is 2.11 bits per heavy atom. The molecule has 142 valence electrons. The van der Waals surface area contributed by atoms with E-state index < -0.39 is 5.97 Å². The van der Waals surface area contributed by atoms with Crippen molar-refractivity contribution in [2.24, 2.45) is 0 Å². The van der Waals surface area contributed by atoms with Crippen molar-refractivity contribution < 1.29 is 9.90 Å². The molecule has 0 saturated heterocycles. The molecule has 0 unspecified atom stereocenters. The number of hydrogen-bond donors (Lipinski definition) is 1. The largest absolute Gasteiger partial charge is 0.477 e. The number of imidazole rings is 1. The van der Waals surface area contributed by atoms with Gasteiger partial charge in [0.25, 0.3) is 0 Å². The van der Waals surface area contributed by atoms with Crippen LogP contribution in [0.1, 0.15) is 41.5 Å². The molecule has 1 aromatic carbocycles. The van der Waals surface area contributed by atoms with Gasteiger partial charge in [-0.2, -0.15) is 0 Å². The van der Waals surface area contributed by atoms with Crippen molar-refractivity contribution in [3.8, 4) is 11.4 Å². The first-order valence-corrected chi connectivity index (χ1v) is 10.1. The summed E-state index contributed by atoms with van der Waals surface area (Å²) in [7, 11) is 0. The number of nitrogens with zero attached hydrogens (tertiary/aromatic N) is 3. The molecule has 0 amide bonds. The van der Waals surface area contributed by atoms with E-state index in [-0.39, 0.29) is 11.6 Å². The minimum atomic E-state index is -0.990. The second kappa shape index (κ2) is 7.37. The fraction of sp³-hybridized carbons (Fsp3) is 0.190. The molecule has 3 aromatic heterocycles. The molecule has 3 heterocycles. The normalized spacial score (nSPS) is 11.4. The molecule has 0 atom stereocenters. The molecule has 4 aromatic rings. The monoisotopic (exact) mass is 411 g/mol. The van der Waals surface area contributed by atoms with E-state index in [0.717, 1.165) is 15.6 Å². The van der Waals surface area contributed by atoms with Crippen LogP contribution in [0.4, 0.5) is 0 Å². The van der Waals surface area contributed by atoms with Gasteiger partial charge in [0.15, 0.2) is 5.69 Å². The summed E-state index contributed by atoms with van der Waals surface area (Å²) in [6, 6.07) is 9.90. The van der Waals surface area contributed by atoms with Crippen molar-refractivity contribution in [1.82, 2.24) is 14.5 Å². The van der Waals surface area contributed by atoms with Crippen LogP contribution in [0.2, 0.25) is 5.02 Å². The zero-order valence-electron chi connectivity index (χ0n) is 15.4. The molecule has 0 aliphatic heterocycles. The van der Waals surface area contributed by atoms with Gasteiger partial charge in [0.2, 0.25) is 0 Å². The maximum atomic E-state index is 12.2. The molecule has 5 nitrogen and oxygen atoms in total. The Labute approximate surface area is 171 Å². The van der Waals surface area contributed by atoms with E-state index in [1.54, 1.807) is 34.4 Å². The number of carboxylic acid groups (broad SMARTS) is 1. The Morgan fingerprint density at radius 3 is 2.82 bits per heavy atom. The Hall–Kier alpha value is -2.70. The number of aromatic nitrogens is 3. The highest BCUT2D eigenvalue weighted by Gasteiger charge is 2.26. The van der Waals surface area contributed by atoms with E-state index in [2.05, 4.69) is 17.1 Å². The van der Waals surface area contributed by atoms with Crippen LogP contribution in [0.25, 0.3) is 21.5 Å². The molecule has 0 aliphatic rings. The van der Waals surface area contributed by atoms with Gasteiger partial charge in [0.1, 0.15) is 5.82 Å². The van der Waals surface area contributed by atoms with Crippen LogP contribution in [-0.2, 0) is 6.54 Å². The summed E-state index contributed by atoms with van der Waals surface area (Å²) in [6.45, 7) is 4.29. The average Bonchev–Trinajstić information content (AvgIpc) is 3.27. The van der Waals surface area contributed by atoms with Crippen LogP contribution in [-0.4, -0.2) is 25.6 Å². The molecule has 7 heteroatoms. The molecule has 0 fully saturated rings. The molecular formula is C21H18ClN3O2S. The number of thiophene rings is 1. The van der Waals surface area contributed by atoms with Crippen LogP contribution in [0, 0.1) is 0 Å². The summed E-state index contributed by atoms with van der Waals surface area (Å²) < 4.78 is 2.91. The SMILES string of the molecule is CC(C)c1nc(-c2cncc(Cl)c2)n(Cc2cccc3ccsc23)c1C(=O)O. The molecule has 0 bridgehead atoms. The lowest BCUT2D eigenvalue weighted by Crippen LogP contribution is -2.13. The van der Waals surface area contributed by atoms with Gasteiger partial charge in [-0.3, -0.25) is 4.98 Å². The zero-order chi connectivity index (χ0) is 19.8. The number of benzene rings is 1. The van der Waals surface area contributed by atoms with Crippen molar-refractivity contribution in [3.63, 3.8) is 0 Å². The summed E-state index contributed by atoms with van der Waals surface area (Å²) >= 11 is 7.78. The standard InChI is InChI=1S/C21H18ClN3O2S/c1-12(2)17-18(21(26)27)25(20(24-17)15-8-16(22)10-23-9-15)11-14-5-3-4-13-6-7-28-19(13)14/h3-10,12H,11H2,1-2H3,(H,26,27). The number of halogens is 1. The maximum Gasteiger partial charge on any atom is 0.354 e. The number of carbonyl (C=O) groups is 1. The topological polar surface area (TPSA) is 68.0 Å². The number of pyridine rings is 1. The number of carboxylic acids is 1. The van der Waals surface area contributed by atoms with Crippen LogP contribution >= 0.6 is 22.9 Å². The van der Waals surface area contributed by atoms with Crippen molar-refractivity contribution >= 4 is 39.0 Å². The number of hydrogen-bond acceptors (Lipinski definition) is 4. The second-order valence-corrected chi connectivity index (χ2v) is 8.22. The van der Waals surface area contributed by atoms with Gasteiger partial charge in [0, 0.05) is 22.7 Å². The Bertz CT molecular complexity index is 1180. The molecule has 0 saturated carbocycles. The highest BCUT2D eigenvalue weighted by molar-refractivity contribution is 7.17. The smallest absolute Gasteiger partial charge is 0.354 e. The molecule has 28 heavy (non-hydrogen) atoms. The third kappa shape index (κ3) is 3.30. The third-order valence-corrected chi connectivity index (χ3v) is 5.81. The van der Waals surface area contributed by atoms with Crippen molar-refractivity contribution in [3.05, 3.63) is 70.1 Å². The van der Waals surface area contributed by atoms with Gasteiger partial charge in [-0.25, -0.2) is 9.78 Å². The average molecular weight is 412 g/mol. The first kappa shape index (κ1) is 18.7. The third-order valence-electron chi connectivity index (χ3n) is 4.60. The van der Waals surface area contributed by atoms with E-state index in [0.29, 0.717) is 28.6 Å². The van der Waals surface area contributed by atoms with Gasteiger partial charge < -0.3 is 9.67 Å². The van der Waals surface area contributed by atoms with E-state index in [4.69, 9.17) is 16.6 Å². The molecule has 4 rings (SSSR count). The molecule has 0 aliphatic carbocycles. The summed E-state index contributed by atoms with van der Waals surface area (Å²) in [6.07, 6.45) is 3.21. The van der Waals surface area contributed by atoms with Crippen LogP contribution in [0.5, 0.6) is 0 Å². The number of aromatic carboxylic acids is 1. The second-order valence-electron chi connectivity index (χ2n) is 6.86. The zero-order valence-corrected chi connectivity index (χ0v) is 17.0. The van der Waals surface area contributed by atoms with E-state index >= 15 is 0 Å². The van der Waals surface area contributed by atoms with Gasteiger partial charge in [-0.05, 0) is 34.4 Å². The molecule has 0 spiro atoms. The predicted octanol–water partition coefficient (Wildman–Crippen LogP) is 5.68. The van der Waals surface area contributed by atoms with Crippen LogP contribution in [0.3, 0.4) is 0 Å². The fourth-order valence-corrected chi connectivity index (χ4v) is 4.44. The highest BCUT2D eigenvalue weighted by Crippen LogP contribution is 2.31. The van der Waals surface area contributed by atoms with Gasteiger partial charge in [0.05, 0.1) is 17.3 Å². The first-order chi connectivity index (χ1) is 13.5. The number of fused-ring (bicyclic) bond motifs is 1. The molecule has 1 N–H and O–H groups in total. The van der Waals surface area contributed by atoms with Crippen LogP contribution in [0.15, 0.2) is 48.1 Å². The minimum Gasteiger partial charge on any atom is -0.477 e. The molecule has 0 radical (unpaired) electrons. The number of rotatable bonds is 5. The Balaban J connectivity index is 1.95. The Morgan fingerprint density at radius 1 is 1.29 bits per heavy atom. The highest BCUT2D eigenvalue weighted by atomic mass is 35.5. The first-order valence-electron chi connectivity index (χ1n) is 8.85. The summed E-state index contributed by atoms with van der Waals surface area (Å²) in [5.41, 5.74) is 2.51.